The summed E-state index contributed by atoms with van der Waals surface area (Å²) in [6.07, 6.45) is 8.73. The van der Waals surface area contributed by atoms with Crippen molar-refractivity contribution in [2.24, 2.45) is 0 Å². The van der Waals surface area contributed by atoms with E-state index in [0.29, 0.717) is 6.04 Å². The van der Waals surface area contributed by atoms with Crippen LogP contribution >= 0.6 is 11.3 Å². The van der Waals surface area contributed by atoms with Crippen LogP contribution in [0.5, 0.6) is 0 Å². The maximum Gasteiger partial charge on any atom is 0.246 e. The minimum absolute atomic E-state index is 0.0362. The van der Waals surface area contributed by atoms with Crippen LogP contribution in [0.25, 0.3) is 16.3 Å². The molecule has 0 saturated heterocycles. The van der Waals surface area contributed by atoms with E-state index in [1.54, 1.807) is 22.3 Å². The van der Waals surface area contributed by atoms with Crippen molar-refractivity contribution in [1.29, 1.82) is 0 Å². The number of benzene rings is 1. The molecule has 1 fully saturated rings. The van der Waals surface area contributed by atoms with Gasteiger partial charge in [0.25, 0.3) is 0 Å². The van der Waals surface area contributed by atoms with E-state index in [2.05, 4.69) is 23.0 Å². The molecule has 1 aromatic heterocycles. The number of fused-ring (bicyclic) bond motifs is 1. The Morgan fingerprint density at radius 3 is 2.75 bits per heavy atom. The van der Waals surface area contributed by atoms with Crippen molar-refractivity contribution < 1.29 is 4.79 Å². The number of amides is 1. The molecule has 0 N–H and O–H groups in total. The van der Waals surface area contributed by atoms with Crippen molar-refractivity contribution in [3.8, 4) is 0 Å². The molecule has 1 saturated carbocycles. The van der Waals surface area contributed by atoms with Crippen molar-refractivity contribution in [3.63, 3.8) is 0 Å². The number of hydrogen-bond acceptors (Lipinski definition) is 4. The SMILES string of the molecule is CN(CCN(C)C1CCCC1)C(=O)/C=C/c1nc2ccccc2s1. The molecule has 1 amide bonds. The van der Waals surface area contributed by atoms with Crippen LogP contribution in [0.4, 0.5) is 0 Å². The van der Waals surface area contributed by atoms with Crippen molar-refractivity contribution in [2.75, 3.05) is 27.2 Å². The molecule has 0 aliphatic heterocycles. The molecule has 0 unspecified atom stereocenters. The van der Waals surface area contributed by atoms with E-state index in [1.807, 2.05) is 31.3 Å². The third kappa shape index (κ3) is 4.22. The van der Waals surface area contributed by atoms with Crippen LogP contribution in [0.3, 0.4) is 0 Å². The highest BCUT2D eigenvalue weighted by atomic mass is 32.1. The number of carbonyl (C=O) groups excluding carboxylic acids is 1. The van der Waals surface area contributed by atoms with Gasteiger partial charge < -0.3 is 9.80 Å². The zero-order valence-electron chi connectivity index (χ0n) is 14.4. The Morgan fingerprint density at radius 2 is 2.00 bits per heavy atom. The fourth-order valence-electron chi connectivity index (χ4n) is 3.18. The number of aromatic nitrogens is 1. The molecule has 0 radical (unpaired) electrons. The van der Waals surface area contributed by atoms with Crippen LogP contribution in [0, 0.1) is 0 Å². The topological polar surface area (TPSA) is 36.4 Å². The predicted octanol–water partition coefficient (Wildman–Crippen LogP) is 3.64. The lowest BCUT2D eigenvalue weighted by Crippen LogP contribution is -2.37. The summed E-state index contributed by atoms with van der Waals surface area (Å²) in [6, 6.07) is 8.74. The maximum absolute atomic E-state index is 12.3. The summed E-state index contributed by atoms with van der Waals surface area (Å²) in [6.45, 7) is 1.69. The largest absolute Gasteiger partial charge is 0.341 e. The maximum atomic E-state index is 12.3. The van der Waals surface area contributed by atoms with Crippen LogP contribution in [0.15, 0.2) is 30.3 Å². The molecule has 1 aliphatic rings. The van der Waals surface area contributed by atoms with Crippen molar-refractivity contribution in [1.82, 2.24) is 14.8 Å². The van der Waals surface area contributed by atoms with E-state index in [0.717, 1.165) is 28.3 Å². The Balaban J connectivity index is 1.51. The van der Waals surface area contributed by atoms with Gasteiger partial charge in [0.05, 0.1) is 10.2 Å². The standard InChI is InChI=1S/C19H25N3OS/c1-21(15-7-3-4-8-15)13-14-22(2)19(23)12-11-18-20-16-9-5-6-10-17(16)24-18/h5-6,9-12,15H,3-4,7-8,13-14H2,1-2H3/b12-11+. The normalized spacial score (nSPS) is 15.8. The van der Waals surface area contributed by atoms with E-state index in [1.165, 1.54) is 25.7 Å². The number of hydrogen-bond donors (Lipinski definition) is 0. The second-order valence-electron chi connectivity index (χ2n) is 6.53. The lowest BCUT2D eigenvalue weighted by molar-refractivity contribution is -0.124. The van der Waals surface area contributed by atoms with Gasteiger partial charge in [-0.15, -0.1) is 11.3 Å². The van der Waals surface area contributed by atoms with Gasteiger partial charge in [0, 0.05) is 32.3 Å². The van der Waals surface area contributed by atoms with Gasteiger partial charge in [0.2, 0.25) is 5.91 Å². The van der Waals surface area contributed by atoms with Crippen LogP contribution in [0.1, 0.15) is 30.7 Å². The monoisotopic (exact) mass is 343 g/mol. The Morgan fingerprint density at radius 1 is 1.25 bits per heavy atom. The molecule has 1 aliphatic carbocycles. The Kier molecular flexibility index (Phi) is 5.63. The molecule has 1 heterocycles. The van der Waals surface area contributed by atoms with Gasteiger partial charge in [0.1, 0.15) is 5.01 Å². The highest BCUT2D eigenvalue weighted by Gasteiger charge is 2.19. The molecule has 5 heteroatoms. The van der Waals surface area contributed by atoms with E-state index in [4.69, 9.17) is 0 Å². The molecule has 0 atom stereocenters. The number of likely N-dealkylation sites (N-methyl/N-ethyl adjacent to an activating group) is 2. The van der Waals surface area contributed by atoms with Crippen LogP contribution in [-0.4, -0.2) is 53.9 Å². The first-order valence-electron chi connectivity index (χ1n) is 8.62. The van der Waals surface area contributed by atoms with Gasteiger partial charge in [0.15, 0.2) is 0 Å². The fraction of sp³-hybridized carbons (Fsp3) is 0.474. The summed E-state index contributed by atoms with van der Waals surface area (Å²) in [5.41, 5.74) is 0.987. The van der Waals surface area contributed by atoms with Crippen molar-refractivity contribution >= 4 is 33.5 Å². The smallest absolute Gasteiger partial charge is 0.246 e. The molecule has 128 valence electrons. The van der Waals surface area contributed by atoms with Gasteiger partial charge in [-0.05, 0) is 38.1 Å². The van der Waals surface area contributed by atoms with Gasteiger partial charge >= 0.3 is 0 Å². The Hall–Kier alpha value is -1.72. The highest BCUT2D eigenvalue weighted by molar-refractivity contribution is 7.19. The van der Waals surface area contributed by atoms with Gasteiger partial charge in [-0.1, -0.05) is 25.0 Å². The minimum Gasteiger partial charge on any atom is -0.341 e. The summed E-state index contributed by atoms with van der Waals surface area (Å²) in [4.78, 5) is 21.0. The molecular weight excluding hydrogens is 318 g/mol. The van der Waals surface area contributed by atoms with Gasteiger partial charge in [-0.3, -0.25) is 4.79 Å². The quantitative estimate of drug-likeness (QED) is 0.751. The van der Waals surface area contributed by atoms with Gasteiger partial charge in [-0.2, -0.15) is 0 Å². The molecular formula is C19H25N3OS. The average Bonchev–Trinajstić information content (AvgIpc) is 3.25. The second-order valence-corrected chi connectivity index (χ2v) is 7.59. The first-order chi connectivity index (χ1) is 11.6. The van der Waals surface area contributed by atoms with Crippen LogP contribution in [-0.2, 0) is 4.79 Å². The summed E-state index contributed by atoms with van der Waals surface area (Å²) in [5.74, 6) is 0.0362. The Labute approximate surface area is 147 Å². The summed E-state index contributed by atoms with van der Waals surface area (Å²) >= 11 is 1.61. The Bertz CT molecular complexity index is 685. The third-order valence-corrected chi connectivity index (χ3v) is 5.79. The van der Waals surface area contributed by atoms with Crippen molar-refractivity contribution in [3.05, 3.63) is 35.3 Å². The highest BCUT2D eigenvalue weighted by Crippen LogP contribution is 2.23. The fourth-order valence-corrected chi connectivity index (χ4v) is 4.05. The molecule has 24 heavy (non-hydrogen) atoms. The molecule has 2 aromatic rings. The second kappa shape index (κ2) is 7.90. The lowest BCUT2D eigenvalue weighted by Gasteiger charge is -2.26. The molecule has 0 bridgehead atoms. The molecule has 1 aromatic carbocycles. The molecule has 0 spiro atoms. The predicted molar refractivity (Wildman–Crippen MR) is 101 cm³/mol. The van der Waals surface area contributed by atoms with E-state index < -0.39 is 0 Å². The molecule has 4 nitrogen and oxygen atoms in total. The van der Waals surface area contributed by atoms with E-state index in [-0.39, 0.29) is 5.91 Å². The molecule has 3 rings (SSSR count). The first-order valence-corrected chi connectivity index (χ1v) is 9.44. The number of nitrogens with zero attached hydrogens (tertiary/aromatic N) is 3. The zero-order valence-corrected chi connectivity index (χ0v) is 15.3. The van der Waals surface area contributed by atoms with Crippen molar-refractivity contribution in [2.45, 2.75) is 31.7 Å². The summed E-state index contributed by atoms with van der Waals surface area (Å²) in [7, 11) is 4.04. The zero-order chi connectivity index (χ0) is 16.9. The first kappa shape index (κ1) is 17.1. The summed E-state index contributed by atoms with van der Waals surface area (Å²) < 4.78 is 1.15. The van der Waals surface area contributed by atoms with Gasteiger partial charge in [-0.25, -0.2) is 4.98 Å². The minimum atomic E-state index is 0.0362. The number of thiazole rings is 1. The number of rotatable bonds is 6. The van der Waals surface area contributed by atoms with E-state index in [9.17, 15) is 4.79 Å². The third-order valence-electron chi connectivity index (χ3n) is 4.79. The van der Waals surface area contributed by atoms with Crippen LogP contribution in [0.2, 0.25) is 0 Å². The lowest BCUT2D eigenvalue weighted by atomic mass is 10.2. The number of para-hydroxylation sites is 1. The average molecular weight is 343 g/mol. The summed E-state index contributed by atoms with van der Waals surface area (Å²) in [5, 5.41) is 0.876. The van der Waals surface area contributed by atoms with Crippen LogP contribution < -0.4 is 0 Å². The van der Waals surface area contributed by atoms with E-state index >= 15 is 0 Å². The number of carbonyl (C=O) groups is 1.